The van der Waals surface area contributed by atoms with Gasteiger partial charge in [-0.1, -0.05) is 0 Å². The molecule has 0 spiro atoms. The fourth-order valence-electron chi connectivity index (χ4n) is 2.93. The van der Waals surface area contributed by atoms with E-state index in [9.17, 15) is 13.2 Å². The normalized spacial score (nSPS) is 23.8. The molecule has 1 aliphatic carbocycles. The van der Waals surface area contributed by atoms with E-state index in [0.717, 1.165) is 30.5 Å². The summed E-state index contributed by atoms with van der Waals surface area (Å²) in [5.74, 6) is 0.485. The molecule has 2 aliphatic rings. The monoisotopic (exact) mass is 256 g/mol. The van der Waals surface area contributed by atoms with Crippen LogP contribution in [0, 0.1) is 0 Å². The number of aromatic nitrogens is 2. The SMILES string of the molecule is O=c1[nH]n(C2CCS(=O)(=O)CC2)c2c1CCC2. The topological polar surface area (TPSA) is 71.9 Å². The van der Waals surface area contributed by atoms with Crippen molar-refractivity contribution >= 4 is 9.84 Å². The maximum absolute atomic E-state index is 11.7. The number of fused-ring (bicyclic) bond motifs is 1. The van der Waals surface area contributed by atoms with Crippen LogP contribution in [-0.4, -0.2) is 29.7 Å². The number of nitrogens with one attached hydrogen (secondary N) is 1. The summed E-state index contributed by atoms with van der Waals surface area (Å²) in [5.41, 5.74) is 2.05. The minimum Gasteiger partial charge on any atom is -0.286 e. The second-order valence-electron chi connectivity index (χ2n) is 4.97. The first kappa shape index (κ1) is 11.1. The van der Waals surface area contributed by atoms with E-state index in [1.165, 1.54) is 0 Å². The van der Waals surface area contributed by atoms with Crippen molar-refractivity contribution in [3.8, 4) is 0 Å². The molecule has 0 radical (unpaired) electrons. The van der Waals surface area contributed by atoms with Gasteiger partial charge in [-0.2, -0.15) is 0 Å². The predicted molar refractivity (Wildman–Crippen MR) is 64.0 cm³/mol. The third-order valence-corrected chi connectivity index (χ3v) is 5.58. The lowest BCUT2D eigenvalue weighted by Gasteiger charge is -2.24. The van der Waals surface area contributed by atoms with Crippen LogP contribution in [-0.2, 0) is 22.7 Å². The van der Waals surface area contributed by atoms with Crippen molar-refractivity contribution < 1.29 is 8.42 Å². The maximum atomic E-state index is 11.7. The molecule has 1 aliphatic heterocycles. The van der Waals surface area contributed by atoms with Gasteiger partial charge in [-0.3, -0.25) is 14.6 Å². The largest absolute Gasteiger partial charge is 0.286 e. The molecule has 0 atom stereocenters. The van der Waals surface area contributed by atoms with Crippen molar-refractivity contribution in [1.82, 2.24) is 9.78 Å². The van der Waals surface area contributed by atoms with Crippen LogP contribution in [0.4, 0.5) is 0 Å². The maximum Gasteiger partial charge on any atom is 0.267 e. The second kappa shape index (κ2) is 3.73. The summed E-state index contributed by atoms with van der Waals surface area (Å²) < 4.78 is 24.7. The van der Waals surface area contributed by atoms with Gasteiger partial charge in [0, 0.05) is 11.3 Å². The van der Waals surface area contributed by atoms with E-state index >= 15 is 0 Å². The van der Waals surface area contributed by atoms with Gasteiger partial charge >= 0.3 is 0 Å². The third-order valence-electron chi connectivity index (χ3n) is 3.86. The fourth-order valence-corrected chi connectivity index (χ4v) is 4.40. The van der Waals surface area contributed by atoms with Crippen molar-refractivity contribution in [2.75, 3.05) is 11.5 Å². The Balaban J connectivity index is 1.91. The molecule has 0 unspecified atom stereocenters. The van der Waals surface area contributed by atoms with Gasteiger partial charge in [-0.15, -0.1) is 0 Å². The van der Waals surface area contributed by atoms with Crippen molar-refractivity contribution in [3.63, 3.8) is 0 Å². The highest BCUT2D eigenvalue weighted by Crippen LogP contribution is 2.28. The summed E-state index contributed by atoms with van der Waals surface area (Å²) in [7, 11) is -2.84. The van der Waals surface area contributed by atoms with E-state index in [0.29, 0.717) is 12.8 Å². The van der Waals surface area contributed by atoms with Crippen LogP contribution in [0.1, 0.15) is 36.6 Å². The number of H-pyrrole nitrogens is 1. The van der Waals surface area contributed by atoms with Gasteiger partial charge < -0.3 is 0 Å². The first-order valence-electron chi connectivity index (χ1n) is 6.09. The summed E-state index contributed by atoms with van der Waals surface area (Å²) in [6.07, 6.45) is 4.10. The number of nitrogens with zero attached hydrogens (tertiary/aromatic N) is 1. The van der Waals surface area contributed by atoms with Crippen molar-refractivity contribution in [3.05, 3.63) is 21.6 Å². The molecule has 1 aromatic heterocycles. The summed E-state index contributed by atoms with van der Waals surface area (Å²) >= 11 is 0. The molecule has 3 rings (SSSR count). The first-order chi connectivity index (χ1) is 8.07. The zero-order valence-corrected chi connectivity index (χ0v) is 10.4. The van der Waals surface area contributed by atoms with E-state index in [1.807, 2.05) is 4.68 Å². The van der Waals surface area contributed by atoms with E-state index in [1.54, 1.807) is 0 Å². The molecule has 1 aromatic rings. The number of aromatic amines is 1. The highest BCUT2D eigenvalue weighted by atomic mass is 32.2. The zero-order chi connectivity index (χ0) is 12.0. The lowest BCUT2D eigenvalue weighted by atomic mass is 10.1. The number of rotatable bonds is 1. The van der Waals surface area contributed by atoms with Gasteiger partial charge in [0.2, 0.25) is 0 Å². The summed E-state index contributed by atoms with van der Waals surface area (Å²) in [6.45, 7) is 0. The second-order valence-corrected chi connectivity index (χ2v) is 7.28. The van der Waals surface area contributed by atoms with Crippen LogP contribution in [0.15, 0.2) is 4.79 Å². The van der Waals surface area contributed by atoms with Crippen LogP contribution in [0.5, 0.6) is 0 Å². The van der Waals surface area contributed by atoms with Gasteiger partial charge in [0.15, 0.2) is 0 Å². The van der Waals surface area contributed by atoms with E-state index < -0.39 is 9.84 Å². The molecular weight excluding hydrogens is 240 g/mol. The highest BCUT2D eigenvalue weighted by molar-refractivity contribution is 7.91. The molecule has 0 saturated carbocycles. The van der Waals surface area contributed by atoms with E-state index in [4.69, 9.17) is 0 Å². The molecule has 17 heavy (non-hydrogen) atoms. The first-order valence-corrected chi connectivity index (χ1v) is 7.92. The molecule has 1 fully saturated rings. The molecule has 0 amide bonds. The molecular formula is C11H16N2O3S. The smallest absolute Gasteiger partial charge is 0.267 e. The Morgan fingerprint density at radius 1 is 1.18 bits per heavy atom. The van der Waals surface area contributed by atoms with Gasteiger partial charge in [-0.05, 0) is 32.1 Å². The molecule has 0 bridgehead atoms. The molecule has 6 heteroatoms. The number of hydrogen-bond acceptors (Lipinski definition) is 3. The van der Waals surface area contributed by atoms with Crippen molar-refractivity contribution in [2.45, 2.75) is 38.1 Å². The Bertz CT molecular complexity index is 583. The lowest BCUT2D eigenvalue weighted by Crippen LogP contribution is -2.27. The summed E-state index contributed by atoms with van der Waals surface area (Å²) in [5, 5.41) is 2.88. The van der Waals surface area contributed by atoms with Gasteiger partial charge in [0.25, 0.3) is 5.56 Å². The third kappa shape index (κ3) is 1.84. The predicted octanol–water partition coefficient (Wildman–Crippen LogP) is 0.415. The molecule has 1 N–H and O–H groups in total. The van der Waals surface area contributed by atoms with Crippen molar-refractivity contribution in [2.24, 2.45) is 0 Å². The zero-order valence-electron chi connectivity index (χ0n) is 9.61. The van der Waals surface area contributed by atoms with E-state index in [2.05, 4.69) is 5.10 Å². The van der Waals surface area contributed by atoms with Crippen LogP contribution in [0.25, 0.3) is 0 Å². The Hall–Kier alpha value is -1.04. The Labute approximate surface area is 99.7 Å². The van der Waals surface area contributed by atoms with Gasteiger partial charge in [0.1, 0.15) is 9.84 Å². The molecule has 2 heterocycles. The van der Waals surface area contributed by atoms with Crippen LogP contribution < -0.4 is 5.56 Å². The quantitative estimate of drug-likeness (QED) is 0.791. The van der Waals surface area contributed by atoms with Crippen molar-refractivity contribution in [1.29, 1.82) is 0 Å². The molecule has 5 nitrogen and oxygen atoms in total. The fraction of sp³-hybridized carbons (Fsp3) is 0.727. The highest BCUT2D eigenvalue weighted by Gasteiger charge is 2.29. The Kier molecular flexibility index (Phi) is 2.43. The summed E-state index contributed by atoms with van der Waals surface area (Å²) in [4.78, 5) is 11.7. The molecule has 0 aromatic carbocycles. The average Bonchev–Trinajstić information content (AvgIpc) is 2.83. The minimum absolute atomic E-state index is 0.0194. The van der Waals surface area contributed by atoms with E-state index in [-0.39, 0.29) is 23.1 Å². The van der Waals surface area contributed by atoms with Crippen LogP contribution in [0.3, 0.4) is 0 Å². The Morgan fingerprint density at radius 2 is 1.88 bits per heavy atom. The Morgan fingerprint density at radius 3 is 2.59 bits per heavy atom. The average molecular weight is 256 g/mol. The number of sulfone groups is 1. The van der Waals surface area contributed by atoms with Gasteiger partial charge in [-0.25, -0.2) is 8.42 Å². The molecule has 1 saturated heterocycles. The summed E-state index contributed by atoms with van der Waals surface area (Å²) in [6, 6.07) is 0.160. The standard InChI is InChI=1S/C11H16N2O3S/c14-11-9-2-1-3-10(9)13(12-11)8-4-6-17(15,16)7-5-8/h8H,1-7H2,(H,12,14). The molecule has 94 valence electrons. The number of hydrogen-bond donors (Lipinski definition) is 1. The van der Waals surface area contributed by atoms with Crippen LogP contribution in [0.2, 0.25) is 0 Å². The minimum atomic E-state index is -2.84. The van der Waals surface area contributed by atoms with Crippen LogP contribution >= 0.6 is 0 Å². The van der Waals surface area contributed by atoms with Gasteiger partial charge in [0.05, 0.1) is 17.5 Å². The lowest BCUT2D eigenvalue weighted by molar-refractivity contribution is 0.400.